The van der Waals surface area contributed by atoms with E-state index in [0.29, 0.717) is 12.8 Å². The molecule has 0 amide bonds. The van der Waals surface area contributed by atoms with Crippen LogP contribution in [0, 0.1) is 6.42 Å². The molecule has 0 heterocycles. The maximum absolute atomic E-state index is 10.8. The molecule has 1 saturated carbocycles. The van der Waals surface area contributed by atoms with Crippen molar-refractivity contribution in [2.45, 2.75) is 30.9 Å². The van der Waals surface area contributed by atoms with Crippen LogP contribution in [0.1, 0.15) is 25.7 Å². The highest BCUT2D eigenvalue weighted by Gasteiger charge is 2.23. The Kier molecular flexibility index (Phi) is 2.31. The quantitative estimate of drug-likeness (QED) is 0.607. The van der Waals surface area contributed by atoms with Gasteiger partial charge >= 0.3 is 0 Å². The summed E-state index contributed by atoms with van der Waals surface area (Å²) in [6.07, 6.45) is 5.31. The van der Waals surface area contributed by atoms with E-state index in [1.54, 1.807) is 0 Å². The summed E-state index contributed by atoms with van der Waals surface area (Å²) in [6, 6.07) is 0. The molecule has 10 heavy (non-hydrogen) atoms. The van der Waals surface area contributed by atoms with Crippen molar-refractivity contribution >= 4 is 10.0 Å². The summed E-state index contributed by atoms with van der Waals surface area (Å²) in [5.41, 5.74) is 0. The van der Waals surface area contributed by atoms with Crippen molar-refractivity contribution < 1.29 is 8.42 Å². The highest BCUT2D eigenvalue weighted by molar-refractivity contribution is 7.89. The van der Waals surface area contributed by atoms with E-state index in [1.807, 2.05) is 0 Å². The van der Waals surface area contributed by atoms with Gasteiger partial charge in [-0.25, -0.2) is 13.6 Å². The van der Waals surface area contributed by atoms with Crippen molar-refractivity contribution in [3.05, 3.63) is 6.42 Å². The second-order valence-electron chi connectivity index (χ2n) is 2.65. The second kappa shape index (κ2) is 2.88. The van der Waals surface area contributed by atoms with Gasteiger partial charge in [0.25, 0.3) is 0 Å². The first-order valence-electron chi connectivity index (χ1n) is 3.44. The highest BCUT2D eigenvalue weighted by Crippen LogP contribution is 2.20. The Balaban J connectivity index is 2.56. The number of primary sulfonamides is 1. The van der Waals surface area contributed by atoms with E-state index in [-0.39, 0.29) is 5.25 Å². The van der Waals surface area contributed by atoms with Crippen LogP contribution in [-0.2, 0) is 10.0 Å². The maximum atomic E-state index is 10.8. The molecule has 0 saturated heterocycles. The smallest absolute Gasteiger partial charge is 0.211 e. The van der Waals surface area contributed by atoms with E-state index in [9.17, 15) is 8.42 Å². The van der Waals surface area contributed by atoms with Gasteiger partial charge in [-0.1, -0.05) is 0 Å². The molecular weight excluding hydrogens is 150 g/mol. The van der Waals surface area contributed by atoms with Gasteiger partial charge in [-0.05, 0) is 32.1 Å². The summed E-state index contributed by atoms with van der Waals surface area (Å²) < 4.78 is 21.5. The summed E-state index contributed by atoms with van der Waals surface area (Å²) in [7, 11) is -3.25. The molecular formula is C6H12NO2S. The largest absolute Gasteiger partial charge is 0.228 e. The summed E-state index contributed by atoms with van der Waals surface area (Å²) >= 11 is 0. The third kappa shape index (κ3) is 1.95. The number of hydrogen-bond acceptors (Lipinski definition) is 2. The summed E-state index contributed by atoms with van der Waals surface area (Å²) in [4.78, 5) is 0. The lowest BCUT2D eigenvalue weighted by Gasteiger charge is -2.18. The third-order valence-corrected chi connectivity index (χ3v) is 3.25. The Bertz CT molecular complexity index is 192. The molecule has 0 aromatic rings. The maximum Gasteiger partial charge on any atom is 0.211 e. The van der Waals surface area contributed by atoms with Gasteiger partial charge in [0.1, 0.15) is 0 Å². The Morgan fingerprint density at radius 3 is 2.10 bits per heavy atom. The van der Waals surface area contributed by atoms with Crippen molar-refractivity contribution in [1.29, 1.82) is 0 Å². The van der Waals surface area contributed by atoms with E-state index in [4.69, 9.17) is 5.14 Å². The fourth-order valence-electron chi connectivity index (χ4n) is 1.22. The zero-order valence-electron chi connectivity index (χ0n) is 5.79. The average molecular weight is 162 g/mol. The SMILES string of the molecule is NS(=O)(=O)C1CC[CH]CC1. The first-order chi connectivity index (χ1) is 4.61. The fraction of sp³-hybridized carbons (Fsp3) is 0.833. The number of sulfonamides is 1. The van der Waals surface area contributed by atoms with Crippen LogP contribution in [-0.4, -0.2) is 13.7 Å². The molecule has 0 aromatic heterocycles. The predicted molar refractivity (Wildman–Crippen MR) is 39.7 cm³/mol. The molecule has 0 spiro atoms. The van der Waals surface area contributed by atoms with Crippen LogP contribution in [0.2, 0.25) is 0 Å². The zero-order chi connectivity index (χ0) is 7.61. The third-order valence-electron chi connectivity index (χ3n) is 1.85. The van der Waals surface area contributed by atoms with Crippen molar-refractivity contribution in [1.82, 2.24) is 0 Å². The monoisotopic (exact) mass is 162 g/mol. The average Bonchev–Trinajstić information content (AvgIpc) is 1.88. The van der Waals surface area contributed by atoms with Crippen molar-refractivity contribution in [2.75, 3.05) is 0 Å². The van der Waals surface area contributed by atoms with Gasteiger partial charge in [0.15, 0.2) is 0 Å². The summed E-state index contributed by atoms with van der Waals surface area (Å²) in [5.74, 6) is 0. The lowest BCUT2D eigenvalue weighted by Crippen LogP contribution is -2.30. The molecule has 2 N–H and O–H groups in total. The molecule has 1 fully saturated rings. The van der Waals surface area contributed by atoms with Crippen LogP contribution < -0.4 is 5.14 Å². The molecule has 1 rings (SSSR count). The molecule has 1 radical (unpaired) electrons. The van der Waals surface area contributed by atoms with Crippen LogP contribution >= 0.6 is 0 Å². The van der Waals surface area contributed by atoms with E-state index < -0.39 is 10.0 Å². The molecule has 1 aliphatic carbocycles. The van der Waals surface area contributed by atoms with E-state index in [0.717, 1.165) is 12.8 Å². The van der Waals surface area contributed by atoms with Gasteiger partial charge < -0.3 is 0 Å². The van der Waals surface area contributed by atoms with E-state index in [1.165, 1.54) is 0 Å². The Labute approximate surface area is 61.7 Å². The zero-order valence-corrected chi connectivity index (χ0v) is 6.60. The Morgan fingerprint density at radius 1 is 1.30 bits per heavy atom. The van der Waals surface area contributed by atoms with E-state index >= 15 is 0 Å². The molecule has 0 bridgehead atoms. The number of hydrogen-bond donors (Lipinski definition) is 1. The van der Waals surface area contributed by atoms with Crippen molar-refractivity contribution in [2.24, 2.45) is 5.14 Å². The molecule has 1 aliphatic rings. The molecule has 4 heteroatoms. The minimum atomic E-state index is -3.25. The van der Waals surface area contributed by atoms with Gasteiger partial charge in [-0.2, -0.15) is 0 Å². The first kappa shape index (κ1) is 8.01. The lowest BCUT2D eigenvalue weighted by molar-refractivity contribution is 0.536. The highest BCUT2D eigenvalue weighted by atomic mass is 32.2. The standard InChI is InChI=1S/C6H12NO2S/c7-10(8,9)6-4-2-1-3-5-6/h1,6H,2-5H2,(H2,7,8,9). The second-order valence-corrected chi connectivity index (χ2v) is 4.50. The summed E-state index contributed by atoms with van der Waals surface area (Å²) in [6.45, 7) is 0. The molecule has 3 nitrogen and oxygen atoms in total. The van der Waals surface area contributed by atoms with Gasteiger partial charge in [0.2, 0.25) is 10.0 Å². The Hall–Kier alpha value is -0.0900. The van der Waals surface area contributed by atoms with Gasteiger partial charge in [0, 0.05) is 0 Å². The topological polar surface area (TPSA) is 60.2 Å². The van der Waals surface area contributed by atoms with Crippen LogP contribution in [0.15, 0.2) is 0 Å². The van der Waals surface area contributed by atoms with Crippen molar-refractivity contribution in [3.63, 3.8) is 0 Å². The van der Waals surface area contributed by atoms with Gasteiger partial charge in [0.05, 0.1) is 5.25 Å². The first-order valence-corrected chi connectivity index (χ1v) is 5.05. The summed E-state index contributed by atoms with van der Waals surface area (Å²) in [5, 5.41) is 4.69. The molecule has 0 aromatic carbocycles. The number of rotatable bonds is 1. The fourth-order valence-corrected chi connectivity index (χ4v) is 2.15. The van der Waals surface area contributed by atoms with Crippen LogP contribution in [0.25, 0.3) is 0 Å². The molecule has 0 atom stereocenters. The predicted octanol–water partition coefficient (Wildman–Crippen LogP) is 0.422. The van der Waals surface area contributed by atoms with Gasteiger partial charge in [-0.3, -0.25) is 0 Å². The Morgan fingerprint density at radius 2 is 1.80 bits per heavy atom. The normalized spacial score (nSPS) is 22.9. The minimum Gasteiger partial charge on any atom is -0.228 e. The van der Waals surface area contributed by atoms with Crippen LogP contribution in [0.3, 0.4) is 0 Å². The van der Waals surface area contributed by atoms with E-state index in [2.05, 4.69) is 6.42 Å². The molecule has 0 aliphatic heterocycles. The molecule has 59 valence electrons. The van der Waals surface area contributed by atoms with Crippen molar-refractivity contribution in [3.8, 4) is 0 Å². The van der Waals surface area contributed by atoms with Crippen LogP contribution in [0.4, 0.5) is 0 Å². The minimum absolute atomic E-state index is 0.280. The number of nitrogens with two attached hydrogens (primary N) is 1. The lowest BCUT2D eigenvalue weighted by atomic mass is 10.0. The molecule has 0 unspecified atom stereocenters. The van der Waals surface area contributed by atoms with Gasteiger partial charge in [-0.15, -0.1) is 0 Å². The van der Waals surface area contributed by atoms with Crippen LogP contribution in [0.5, 0.6) is 0 Å².